The summed E-state index contributed by atoms with van der Waals surface area (Å²) in [5, 5.41) is 10.4. The van der Waals surface area contributed by atoms with Crippen molar-refractivity contribution in [2.45, 2.75) is 40.0 Å². The zero-order valence-electron chi connectivity index (χ0n) is 8.59. The quantitative estimate of drug-likeness (QED) is 0.657. The summed E-state index contributed by atoms with van der Waals surface area (Å²) in [6, 6.07) is 0. The van der Waals surface area contributed by atoms with Crippen LogP contribution in [0.15, 0.2) is 0 Å². The van der Waals surface area contributed by atoms with E-state index in [9.17, 15) is 9.59 Å². The highest BCUT2D eigenvalue weighted by molar-refractivity contribution is 5.72. The highest BCUT2D eigenvalue weighted by Gasteiger charge is 1.85. The van der Waals surface area contributed by atoms with Crippen LogP contribution >= 0.6 is 0 Å². The van der Waals surface area contributed by atoms with Crippen LogP contribution in [0.3, 0.4) is 0 Å². The third kappa shape index (κ3) is 24.8. The summed E-state index contributed by atoms with van der Waals surface area (Å²) < 4.78 is 0. The Morgan fingerprint density at radius 2 is 1.77 bits per heavy atom. The lowest BCUT2D eigenvalue weighted by molar-refractivity contribution is -0.136. The fourth-order valence-corrected chi connectivity index (χ4v) is 0.441. The molecule has 0 atom stereocenters. The molecule has 0 unspecified atom stereocenters. The normalized spacial score (nSPS) is 8.23. The Balaban J connectivity index is 0. The molecule has 0 heterocycles. The van der Waals surface area contributed by atoms with Gasteiger partial charge in [0.2, 0.25) is 5.91 Å². The van der Waals surface area contributed by atoms with Crippen LogP contribution in [-0.4, -0.2) is 23.5 Å². The van der Waals surface area contributed by atoms with Crippen molar-refractivity contribution in [2.24, 2.45) is 0 Å². The number of carboxylic acid groups (broad SMARTS) is 1. The predicted octanol–water partition coefficient (Wildman–Crippen LogP) is 1.40. The molecule has 78 valence electrons. The molecule has 0 aromatic heterocycles. The van der Waals surface area contributed by atoms with E-state index in [1.54, 1.807) is 6.92 Å². The van der Waals surface area contributed by atoms with E-state index in [1.807, 2.05) is 0 Å². The van der Waals surface area contributed by atoms with Gasteiger partial charge < -0.3 is 10.4 Å². The summed E-state index contributed by atoms with van der Waals surface area (Å²) in [6.07, 6.45) is 2.44. The third-order valence-electron chi connectivity index (χ3n) is 1.21. The number of hydrogen-bond donors (Lipinski definition) is 2. The Hall–Kier alpha value is -1.06. The fraction of sp³-hybridized carbons (Fsp3) is 0.778. The maximum atomic E-state index is 10.2. The van der Waals surface area contributed by atoms with Gasteiger partial charge in [0.25, 0.3) is 0 Å². The Labute approximate surface area is 79.3 Å². The van der Waals surface area contributed by atoms with Gasteiger partial charge in [-0.2, -0.15) is 0 Å². The van der Waals surface area contributed by atoms with E-state index in [0.717, 1.165) is 19.4 Å². The summed E-state index contributed by atoms with van der Waals surface area (Å²) in [7, 11) is 0. The van der Waals surface area contributed by atoms with Crippen molar-refractivity contribution in [3.63, 3.8) is 0 Å². The largest absolute Gasteiger partial charge is 0.481 e. The van der Waals surface area contributed by atoms with Gasteiger partial charge >= 0.3 is 5.97 Å². The van der Waals surface area contributed by atoms with Crippen LogP contribution in [0.4, 0.5) is 0 Å². The molecule has 0 spiro atoms. The lowest BCUT2D eigenvalue weighted by Crippen LogP contribution is -2.20. The van der Waals surface area contributed by atoms with Crippen molar-refractivity contribution in [3.8, 4) is 0 Å². The summed E-state index contributed by atoms with van der Waals surface area (Å²) in [6.45, 7) is 6.06. The first-order valence-corrected chi connectivity index (χ1v) is 4.50. The summed E-state index contributed by atoms with van der Waals surface area (Å²) in [4.78, 5) is 19.6. The first kappa shape index (κ1) is 14.5. The SMILES string of the molecule is CCC(=O)O.CCCCNC(C)=O. The zero-order valence-corrected chi connectivity index (χ0v) is 8.59. The Morgan fingerprint density at radius 1 is 1.31 bits per heavy atom. The first-order chi connectivity index (χ1) is 6.04. The van der Waals surface area contributed by atoms with Gasteiger partial charge in [-0.15, -0.1) is 0 Å². The molecule has 4 heteroatoms. The summed E-state index contributed by atoms with van der Waals surface area (Å²) in [5.74, 6) is -0.677. The molecule has 0 fully saturated rings. The van der Waals surface area contributed by atoms with E-state index < -0.39 is 5.97 Å². The van der Waals surface area contributed by atoms with Crippen molar-refractivity contribution >= 4 is 11.9 Å². The van der Waals surface area contributed by atoms with Gasteiger partial charge in [0, 0.05) is 19.9 Å². The monoisotopic (exact) mass is 189 g/mol. The maximum absolute atomic E-state index is 10.2. The van der Waals surface area contributed by atoms with Gasteiger partial charge in [-0.25, -0.2) is 0 Å². The minimum Gasteiger partial charge on any atom is -0.481 e. The van der Waals surface area contributed by atoms with Gasteiger partial charge in [-0.3, -0.25) is 9.59 Å². The Bertz CT molecular complexity index is 146. The molecule has 0 radical (unpaired) electrons. The minimum atomic E-state index is -0.745. The minimum absolute atomic E-state index is 0.0680. The second-order valence-electron chi connectivity index (χ2n) is 2.58. The van der Waals surface area contributed by atoms with Crippen molar-refractivity contribution < 1.29 is 14.7 Å². The molecule has 0 saturated carbocycles. The topological polar surface area (TPSA) is 66.4 Å². The van der Waals surface area contributed by atoms with Crippen molar-refractivity contribution in [2.75, 3.05) is 6.54 Å². The van der Waals surface area contributed by atoms with E-state index in [1.165, 1.54) is 6.92 Å². The number of amides is 1. The van der Waals surface area contributed by atoms with Crippen LogP contribution in [0.1, 0.15) is 40.0 Å². The fourth-order valence-electron chi connectivity index (χ4n) is 0.441. The molecule has 0 bridgehead atoms. The van der Waals surface area contributed by atoms with Gasteiger partial charge in [0.1, 0.15) is 0 Å². The van der Waals surface area contributed by atoms with Crippen molar-refractivity contribution in [1.82, 2.24) is 5.32 Å². The number of carbonyl (C=O) groups is 2. The number of aliphatic carboxylic acids is 1. The van der Waals surface area contributed by atoms with E-state index in [0.29, 0.717) is 0 Å². The molecule has 0 aromatic carbocycles. The number of nitrogens with one attached hydrogen (secondary N) is 1. The molecule has 0 rings (SSSR count). The Kier molecular flexibility index (Phi) is 12.2. The number of rotatable bonds is 4. The molecule has 0 saturated heterocycles. The molecule has 0 aromatic rings. The zero-order chi connectivity index (χ0) is 10.7. The number of carboxylic acids is 1. The van der Waals surface area contributed by atoms with Crippen molar-refractivity contribution in [1.29, 1.82) is 0 Å². The number of hydrogen-bond acceptors (Lipinski definition) is 2. The summed E-state index contributed by atoms with van der Waals surface area (Å²) >= 11 is 0. The van der Waals surface area contributed by atoms with Gasteiger partial charge in [0.05, 0.1) is 0 Å². The summed E-state index contributed by atoms with van der Waals surface area (Å²) in [5.41, 5.74) is 0. The predicted molar refractivity (Wildman–Crippen MR) is 51.5 cm³/mol. The molecule has 0 aliphatic rings. The van der Waals surface area contributed by atoms with Gasteiger partial charge in [-0.1, -0.05) is 20.3 Å². The van der Waals surface area contributed by atoms with Crippen molar-refractivity contribution in [3.05, 3.63) is 0 Å². The van der Waals surface area contributed by atoms with Gasteiger partial charge in [0.15, 0.2) is 0 Å². The molecule has 0 aliphatic carbocycles. The van der Waals surface area contributed by atoms with Crippen LogP contribution in [0, 0.1) is 0 Å². The lowest BCUT2D eigenvalue weighted by atomic mass is 10.3. The van der Waals surface area contributed by atoms with E-state index in [-0.39, 0.29) is 12.3 Å². The van der Waals surface area contributed by atoms with Crippen LogP contribution in [0.25, 0.3) is 0 Å². The average molecular weight is 189 g/mol. The molecule has 4 nitrogen and oxygen atoms in total. The van der Waals surface area contributed by atoms with Crippen LogP contribution < -0.4 is 5.32 Å². The van der Waals surface area contributed by atoms with Gasteiger partial charge in [-0.05, 0) is 6.42 Å². The molecule has 0 aliphatic heterocycles. The lowest BCUT2D eigenvalue weighted by Gasteiger charge is -1.96. The average Bonchev–Trinajstić information content (AvgIpc) is 2.05. The van der Waals surface area contributed by atoms with Crippen LogP contribution in [-0.2, 0) is 9.59 Å². The second kappa shape index (κ2) is 10.9. The van der Waals surface area contributed by atoms with Crippen LogP contribution in [0.5, 0.6) is 0 Å². The smallest absolute Gasteiger partial charge is 0.303 e. The van der Waals surface area contributed by atoms with Crippen LogP contribution in [0.2, 0.25) is 0 Å². The van der Waals surface area contributed by atoms with E-state index in [4.69, 9.17) is 5.11 Å². The molecule has 13 heavy (non-hydrogen) atoms. The molecular formula is C9H19NO3. The Morgan fingerprint density at radius 3 is 2.00 bits per heavy atom. The van der Waals surface area contributed by atoms with E-state index in [2.05, 4.69) is 12.2 Å². The highest BCUT2D eigenvalue weighted by atomic mass is 16.4. The van der Waals surface area contributed by atoms with E-state index >= 15 is 0 Å². The molecule has 2 N–H and O–H groups in total. The number of carbonyl (C=O) groups excluding carboxylic acids is 1. The number of unbranched alkanes of at least 4 members (excludes halogenated alkanes) is 1. The third-order valence-corrected chi connectivity index (χ3v) is 1.21. The molecular weight excluding hydrogens is 170 g/mol. The first-order valence-electron chi connectivity index (χ1n) is 4.50. The standard InChI is InChI=1S/C6H13NO.C3H6O2/c1-3-4-5-7-6(2)8;1-2-3(4)5/h3-5H2,1-2H3,(H,7,8);2H2,1H3,(H,4,5). The second-order valence-corrected chi connectivity index (χ2v) is 2.58. The highest BCUT2D eigenvalue weighted by Crippen LogP contribution is 1.80. The maximum Gasteiger partial charge on any atom is 0.303 e. The molecule has 1 amide bonds.